The number of carboxylic acids is 1. The van der Waals surface area contributed by atoms with Crippen molar-refractivity contribution in [2.75, 3.05) is 5.32 Å². The van der Waals surface area contributed by atoms with Gasteiger partial charge in [0.1, 0.15) is 11.5 Å². The minimum Gasteiger partial charge on any atom is -0.477 e. The number of aromatic nitrogens is 2. The standard InChI is InChI=1S/C12H8FN3O3/c13-8-4-9(6-14-5-8)16-11(17)7-1-2-15-10(3-7)12(18)19/h1-6H,(H,16,17)(H,18,19). The van der Waals surface area contributed by atoms with Gasteiger partial charge in [0.2, 0.25) is 0 Å². The van der Waals surface area contributed by atoms with Crippen molar-refractivity contribution >= 4 is 17.6 Å². The zero-order chi connectivity index (χ0) is 13.8. The normalized spacial score (nSPS) is 9.95. The van der Waals surface area contributed by atoms with E-state index < -0.39 is 17.7 Å². The molecule has 0 atom stereocenters. The van der Waals surface area contributed by atoms with E-state index in [1.165, 1.54) is 18.5 Å². The van der Waals surface area contributed by atoms with Crippen LogP contribution < -0.4 is 5.32 Å². The Kier molecular flexibility index (Phi) is 3.46. The van der Waals surface area contributed by atoms with Gasteiger partial charge < -0.3 is 10.4 Å². The van der Waals surface area contributed by atoms with Crippen molar-refractivity contribution in [1.82, 2.24) is 9.97 Å². The average Bonchev–Trinajstić information content (AvgIpc) is 2.39. The molecule has 2 aromatic heterocycles. The van der Waals surface area contributed by atoms with Gasteiger partial charge in [-0.15, -0.1) is 0 Å². The van der Waals surface area contributed by atoms with Gasteiger partial charge in [-0.05, 0) is 12.1 Å². The molecule has 0 aromatic carbocycles. The van der Waals surface area contributed by atoms with E-state index in [0.29, 0.717) is 0 Å². The van der Waals surface area contributed by atoms with Crippen LogP contribution in [0.1, 0.15) is 20.8 Å². The summed E-state index contributed by atoms with van der Waals surface area (Å²) < 4.78 is 12.9. The molecule has 1 amide bonds. The smallest absolute Gasteiger partial charge is 0.354 e. The minimum absolute atomic E-state index is 0.108. The third kappa shape index (κ3) is 3.09. The molecule has 0 radical (unpaired) electrons. The molecule has 0 bridgehead atoms. The first-order chi connectivity index (χ1) is 9.06. The Balaban J connectivity index is 2.20. The predicted molar refractivity (Wildman–Crippen MR) is 63.3 cm³/mol. The molecule has 2 rings (SSSR count). The number of nitrogens with zero attached hydrogens (tertiary/aromatic N) is 2. The lowest BCUT2D eigenvalue weighted by molar-refractivity contribution is 0.0690. The Bertz CT molecular complexity index is 646. The minimum atomic E-state index is -1.23. The van der Waals surface area contributed by atoms with E-state index in [-0.39, 0.29) is 16.9 Å². The third-order valence-electron chi connectivity index (χ3n) is 2.20. The number of halogens is 1. The predicted octanol–water partition coefficient (Wildman–Crippen LogP) is 1.57. The zero-order valence-electron chi connectivity index (χ0n) is 9.50. The van der Waals surface area contributed by atoms with E-state index in [9.17, 15) is 14.0 Å². The van der Waals surface area contributed by atoms with Crippen molar-refractivity contribution in [3.63, 3.8) is 0 Å². The van der Waals surface area contributed by atoms with Gasteiger partial charge in [0.25, 0.3) is 5.91 Å². The lowest BCUT2D eigenvalue weighted by Gasteiger charge is -2.05. The maximum absolute atomic E-state index is 12.9. The van der Waals surface area contributed by atoms with Crippen LogP contribution in [0.25, 0.3) is 0 Å². The summed E-state index contributed by atoms with van der Waals surface area (Å²) in [6.07, 6.45) is 3.49. The van der Waals surface area contributed by atoms with E-state index >= 15 is 0 Å². The molecule has 2 heterocycles. The summed E-state index contributed by atoms with van der Waals surface area (Å²) in [6, 6.07) is 3.59. The van der Waals surface area contributed by atoms with Crippen molar-refractivity contribution in [1.29, 1.82) is 0 Å². The molecule has 0 fully saturated rings. The SMILES string of the molecule is O=C(Nc1cncc(F)c1)c1ccnc(C(=O)O)c1. The molecule has 0 saturated carbocycles. The van der Waals surface area contributed by atoms with Crippen LogP contribution in [0.15, 0.2) is 36.8 Å². The maximum atomic E-state index is 12.9. The second-order valence-electron chi connectivity index (χ2n) is 3.58. The number of pyridine rings is 2. The number of nitrogens with one attached hydrogen (secondary N) is 1. The summed E-state index contributed by atoms with van der Waals surface area (Å²) in [5, 5.41) is 11.2. The molecule has 6 nitrogen and oxygen atoms in total. The number of rotatable bonds is 3. The largest absolute Gasteiger partial charge is 0.477 e. The lowest BCUT2D eigenvalue weighted by atomic mass is 10.2. The molecule has 7 heteroatoms. The fourth-order valence-electron chi connectivity index (χ4n) is 1.37. The summed E-state index contributed by atoms with van der Waals surface area (Å²) in [5.74, 6) is -2.39. The molecule has 0 aliphatic heterocycles. The Hall–Kier alpha value is -2.83. The number of carbonyl (C=O) groups excluding carboxylic acids is 1. The van der Waals surface area contributed by atoms with Crippen LogP contribution in [0.4, 0.5) is 10.1 Å². The third-order valence-corrected chi connectivity index (χ3v) is 2.20. The summed E-state index contributed by atoms with van der Waals surface area (Å²) in [4.78, 5) is 29.7. The van der Waals surface area contributed by atoms with Crippen LogP contribution in [0.3, 0.4) is 0 Å². The fraction of sp³-hybridized carbons (Fsp3) is 0. The maximum Gasteiger partial charge on any atom is 0.354 e. The van der Waals surface area contributed by atoms with Gasteiger partial charge in [0, 0.05) is 17.8 Å². The molecule has 0 aliphatic carbocycles. The molecule has 2 N–H and O–H groups in total. The highest BCUT2D eigenvalue weighted by Gasteiger charge is 2.11. The van der Waals surface area contributed by atoms with Gasteiger partial charge >= 0.3 is 5.97 Å². The monoisotopic (exact) mass is 261 g/mol. The first-order valence-corrected chi connectivity index (χ1v) is 5.17. The Labute approximate surface area is 106 Å². The van der Waals surface area contributed by atoms with Gasteiger partial charge in [-0.2, -0.15) is 0 Å². The second-order valence-corrected chi connectivity index (χ2v) is 3.58. The van der Waals surface area contributed by atoms with Crippen LogP contribution >= 0.6 is 0 Å². The Morgan fingerprint density at radius 1 is 1.26 bits per heavy atom. The summed E-state index contributed by atoms with van der Waals surface area (Å²) in [5.41, 5.74) is 0.0420. The molecule has 19 heavy (non-hydrogen) atoms. The molecule has 0 aliphatic rings. The van der Waals surface area contributed by atoms with Gasteiger partial charge in [0.15, 0.2) is 0 Å². The van der Waals surface area contributed by atoms with Gasteiger partial charge in [-0.1, -0.05) is 0 Å². The van der Waals surface area contributed by atoms with Crippen LogP contribution in [-0.2, 0) is 0 Å². The second kappa shape index (κ2) is 5.21. The van der Waals surface area contributed by atoms with Crippen molar-refractivity contribution in [3.05, 3.63) is 53.9 Å². The number of carbonyl (C=O) groups is 2. The summed E-state index contributed by atoms with van der Waals surface area (Å²) >= 11 is 0. The topological polar surface area (TPSA) is 92.2 Å². The molecule has 0 spiro atoms. The first-order valence-electron chi connectivity index (χ1n) is 5.17. The number of aromatic carboxylic acids is 1. The Morgan fingerprint density at radius 3 is 2.74 bits per heavy atom. The van der Waals surface area contributed by atoms with Crippen molar-refractivity contribution in [2.45, 2.75) is 0 Å². The number of carboxylic acid groups (broad SMARTS) is 1. The molecule has 0 saturated heterocycles. The average molecular weight is 261 g/mol. The van der Waals surface area contributed by atoms with Crippen molar-refractivity contribution < 1.29 is 19.1 Å². The van der Waals surface area contributed by atoms with Crippen molar-refractivity contribution in [3.8, 4) is 0 Å². The summed E-state index contributed by atoms with van der Waals surface area (Å²) in [6.45, 7) is 0. The molecule has 0 unspecified atom stereocenters. The quantitative estimate of drug-likeness (QED) is 0.874. The molecule has 2 aromatic rings. The van der Waals surface area contributed by atoms with E-state index in [1.54, 1.807) is 0 Å². The van der Waals surface area contributed by atoms with E-state index in [2.05, 4.69) is 15.3 Å². The number of hydrogen-bond acceptors (Lipinski definition) is 4. The van der Waals surface area contributed by atoms with E-state index in [1.807, 2.05) is 0 Å². The Morgan fingerprint density at radius 2 is 2.05 bits per heavy atom. The number of hydrogen-bond donors (Lipinski definition) is 2. The molecular weight excluding hydrogens is 253 g/mol. The van der Waals surface area contributed by atoms with E-state index in [4.69, 9.17) is 5.11 Å². The highest BCUT2D eigenvalue weighted by molar-refractivity contribution is 6.05. The highest BCUT2D eigenvalue weighted by atomic mass is 19.1. The molecule has 96 valence electrons. The van der Waals surface area contributed by atoms with E-state index in [0.717, 1.165) is 18.3 Å². The molecular formula is C12H8FN3O3. The fourth-order valence-corrected chi connectivity index (χ4v) is 1.37. The van der Waals surface area contributed by atoms with Crippen LogP contribution in [0.5, 0.6) is 0 Å². The van der Waals surface area contributed by atoms with Gasteiger partial charge in [-0.25, -0.2) is 14.2 Å². The highest BCUT2D eigenvalue weighted by Crippen LogP contribution is 2.10. The van der Waals surface area contributed by atoms with Gasteiger partial charge in [0.05, 0.1) is 18.1 Å². The van der Waals surface area contributed by atoms with Crippen LogP contribution in [-0.4, -0.2) is 27.0 Å². The van der Waals surface area contributed by atoms with Crippen molar-refractivity contribution in [2.24, 2.45) is 0 Å². The van der Waals surface area contributed by atoms with Gasteiger partial charge in [-0.3, -0.25) is 9.78 Å². The first kappa shape index (κ1) is 12.6. The number of anilines is 1. The lowest BCUT2D eigenvalue weighted by Crippen LogP contribution is -2.13. The number of amides is 1. The van der Waals surface area contributed by atoms with Crippen LogP contribution in [0.2, 0.25) is 0 Å². The zero-order valence-corrected chi connectivity index (χ0v) is 9.50. The van der Waals surface area contributed by atoms with Crippen LogP contribution in [0, 0.1) is 5.82 Å². The summed E-state index contributed by atoms with van der Waals surface area (Å²) in [7, 11) is 0.